The zero-order chi connectivity index (χ0) is 21.8. The molecule has 1 amide bonds. The molecule has 30 heavy (non-hydrogen) atoms. The Morgan fingerprint density at radius 1 is 1.23 bits per heavy atom. The SMILES string of the molecule is CCN1C(=O)/C(=C/c2ccc(OC(=O)c3ccc([N+](=O)[O-])cc3)c(OC)c2)SC1=S. The first-order valence-electron chi connectivity index (χ1n) is 8.74. The number of hydrogen-bond donors (Lipinski definition) is 0. The Morgan fingerprint density at radius 3 is 2.50 bits per heavy atom. The number of thiocarbonyl (C=S) groups is 1. The van der Waals surface area contributed by atoms with E-state index in [-0.39, 0.29) is 22.9 Å². The van der Waals surface area contributed by atoms with E-state index >= 15 is 0 Å². The molecule has 0 unspecified atom stereocenters. The van der Waals surface area contributed by atoms with Crippen LogP contribution in [0.25, 0.3) is 6.08 Å². The van der Waals surface area contributed by atoms with Gasteiger partial charge in [-0.05, 0) is 42.8 Å². The quantitative estimate of drug-likeness (QED) is 0.164. The Kier molecular flexibility index (Phi) is 6.48. The maximum absolute atomic E-state index is 12.3. The second-order valence-electron chi connectivity index (χ2n) is 6.03. The summed E-state index contributed by atoms with van der Waals surface area (Å²) in [6.45, 7) is 2.35. The number of carbonyl (C=O) groups excluding carboxylic acids is 2. The first kappa shape index (κ1) is 21.5. The number of hydrogen-bond acceptors (Lipinski definition) is 8. The summed E-state index contributed by atoms with van der Waals surface area (Å²) in [5, 5.41) is 10.7. The third-order valence-corrected chi connectivity index (χ3v) is 5.57. The van der Waals surface area contributed by atoms with Crippen LogP contribution in [-0.2, 0) is 4.79 Å². The Labute approximate surface area is 181 Å². The van der Waals surface area contributed by atoms with Crippen molar-refractivity contribution in [2.45, 2.75) is 6.92 Å². The second-order valence-corrected chi connectivity index (χ2v) is 7.71. The molecule has 0 atom stereocenters. The fraction of sp³-hybridized carbons (Fsp3) is 0.150. The number of benzene rings is 2. The van der Waals surface area contributed by atoms with Gasteiger partial charge in [0.05, 0.1) is 22.5 Å². The molecule has 1 fully saturated rings. The van der Waals surface area contributed by atoms with Gasteiger partial charge in [0.25, 0.3) is 11.6 Å². The van der Waals surface area contributed by atoms with Gasteiger partial charge in [0, 0.05) is 18.7 Å². The minimum Gasteiger partial charge on any atom is -0.493 e. The predicted octanol–water partition coefficient (Wildman–Crippen LogP) is 4.04. The molecule has 1 aliphatic heterocycles. The normalized spacial score (nSPS) is 14.9. The van der Waals surface area contributed by atoms with Gasteiger partial charge in [-0.1, -0.05) is 30.0 Å². The van der Waals surface area contributed by atoms with E-state index in [1.165, 1.54) is 48.0 Å². The zero-order valence-corrected chi connectivity index (χ0v) is 17.6. The number of non-ortho nitro benzene ring substituents is 1. The molecular weight excluding hydrogens is 428 g/mol. The molecule has 1 heterocycles. The zero-order valence-electron chi connectivity index (χ0n) is 16.0. The smallest absolute Gasteiger partial charge is 0.343 e. The highest BCUT2D eigenvalue weighted by Gasteiger charge is 2.30. The van der Waals surface area contributed by atoms with Gasteiger partial charge in [0.15, 0.2) is 11.5 Å². The number of methoxy groups -OCH3 is 1. The second kappa shape index (κ2) is 9.06. The third-order valence-electron chi connectivity index (χ3n) is 4.19. The van der Waals surface area contributed by atoms with Crippen molar-refractivity contribution in [1.82, 2.24) is 4.90 Å². The summed E-state index contributed by atoms with van der Waals surface area (Å²) >= 11 is 6.43. The predicted molar refractivity (Wildman–Crippen MR) is 117 cm³/mol. The molecule has 0 bridgehead atoms. The molecule has 154 valence electrons. The van der Waals surface area contributed by atoms with Gasteiger partial charge in [-0.3, -0.25) is 19.8 Å². The number of likely N-dealkylation sites (N-methyl/N-ethyl adjacent to an activating group) is 1. The Morgan fingerprint density at radius 2 is 1.93 bits per heavy atom. The highest BCUT2D eigenvalue weighted by atomic mass is 32.2. The lowest BCUT2D eigenvalue weighted by atomic mass is 10.1. The van der Waals surface area contributed by atoms with Crippen LogP contribution in [0.2, 0.25) is 0 Å². The molecule has 1 saturated heterocycles. The number of nitro groups is 1. The van der Waals surface area contributed by atoms with Crippen molar-refractivity contribution in [2.75, 3.05) is 13.7 Å². The number of ether oxygens (including phenoxy) is 2. The van der Waals surface area contributed by atoms with E-state index in [4.69, 9.17) is 21.7 Å². The van der Waals surface area contributed by atoms with E-state index in [0.717, 1.165) is 0 Å². The largest absolute Gasteiger partial charge is 0.493 e. The number of rotatable bonds is 6. The van der Waals surface area contributed by atoms with E-state index in [1.54, 1.807) is 24.3 Å². The van der Waals surface area contributed by atoms with Crippen molar-refractivity contribution in [3.8, 4) is 11.5 Å². The molecule has 2 aromatic carbocycles. The summed E-state index contributed by atoms with van der Waals surface area (Å²) < 4.78 is 11.2. The number of esters is 1. The fourth-order valence-electron chi connectivity index (χ4n) is 2.66. The van der Waals surface area contributed by atoms with Crippen LogP contribution in [0.5, 0.6) is 11.5 Å². The van der Waals surface area contributed by atoms with Gasteiger partial charge in [0.2, 0.25) is 0 Å². The molecule has 1 aliphatic rings. The lowest BCUT2D eigenvalue weighted by Crippen LogP contribution is -2.27. The van der Waals surface area contributed by atoms with Gasteiger partial charge in [-0.2, -0.15) is 0 Å². The van der Waals surface area contributed by atoms with Gasteiger partial charge >= 0.3 is 5.97 Å². The van der Waals surface area contributed by atoms with Gasteiger partial charge in [-0.15, -0.1) is 0 Å². The minimum absolute atomic E-state index is 0.123. The lowest BCUT2D eigenvalue weighted by molar-refractivity contribution is -0.384. The van der Waals surface area contributed by atoms with Crippen LogP contribution in [0.15, 0.2) is 47.4 Å². The van der Waals surface area contributed by atoms with Crippen molar-refractivity contribution < 1.29 is 24.0 Å². The molecule has 2 aromatic rings. The van der Waals surface area contributed by atoms with Crippen molar-refractivity contribution >= 4 is 51.9 Å². The molecule has 0 aromatic heterocycles. The highest BCUT2D eigenvalue weighted by Crippen LogP contribution is 2.34. The van der Waals surface area contributed by atoms with Crippen LogP contribution in [0, 0.1) is 10.1 Å². The number of carbonyl (C=O) groups is 2. The number of amides is 1. The molecule has 0 aliphatic carbocycles. The molecule has 0 spiro atoms. The van der Waals surface area contributed by atoms with E-state index in [0.29, 0.717) is 27.1 Å². The van der Waals surface area contributed by atoms with Gasteiger partial charge in [0.1, 0.15) is 4.32 Å². The van der Waals surface area contributed by atoms with Crippen molar-refractivity contribution in [1.29, 1.82) is 0 Å². The first-order valence-corrected chi connectivity index (χ1v) is 9.96. The van der Waals surface area contributed by atoms with Crippen LogP contribution in [-0.4, -0.2) is 39.7 Å². The summed E-state index contributed by atoms with van der Waals surface area (Å²) in [5.41, 5.74) is 0.718. The molecule has 0 N–H and O–H groups in total. The van der Waals surface area contributed by atoms with E-state index < -0.39 is 10.9 Å². The van der Waals surface area contributed by atoms with Crippen molar-refractivity contribution in [3.05, 3.63) is 68.6 Å². The molecule has 0 radical (unpaired) electrons. The lowest BCUT2D eigenvalue weighted by Gasteiger charge is -2.10. The summed E-state index contributed by atoms with van der Waals surface area (Å²) in [7, 11) is 1.43. The van der Waals surface area contributed by atoms with E-state index in [9.17, 15) is 19.7 Å². The standard InChI is InChI=1S/C20H16N2O6S2/c1-3-21-18(23)17(30-20(21)29)11-12-4-9-15(16(10-12)27-2)28-19(24)13-5-7-14(8-6-13)22(25)26/h4-11H,3H2,1-2H3/b17-11-. The number of thioether (sulfide) groups is 1. The monoisotopic (exact) mass is 444 g/mol. The average Bonchev–Trinajstić information content (AvgIpc) is 3.01. The third kappa shape index (κ3) is 4.50. The summed E-state index contributed by atoms with van der Waals surface area (Å²) in [4.78, 5) is 36.9. The van der Waals surface area contributed by atoms with Crippen molar-refractivity contribution in [2.24, 2.45) is 0 Å². The van der Waals surface area contributed by atoms with Gasteiger partial charge < -0.3 is 9.47 Å². The maximum atomic E-state index is 12.3. The first-order chi connectivity index (χ1) is 14.3. The average molecular weight is 444 g/mol. The highest BCUT2D eigenvalue weighted by molar-refractivity contribution is 8.26. The minimum atomic E-state index is -0.681. The van der Waals surface area contributed by atoms with Gasteiger partial charge in [-0.25, -0.2) is 4.79 Å². The Bertz CT molecular complexity index is 1070. The van der Waals surface area contributed by atoms with Crippen LogP contribution in [0.1, 0.15) is 22.8 Å². The molecule has 10 heteroatoms. The molecule has 8 nitrogen and oxygen atoms in total. The number of nitro benzene ring substituents is 1. The van der Waals surface area contributed by atoms with E-state index in [1.807, 2.05) is 6.92 Å². The Hall–Kier alpha value is -3.24. The topological polar surface area (TPSA) is 99.0 Å². The van der Waals surface area contributed by atoms with Crippen LogP contribution in [0.3, 0.4) is 0 Å². The van der Waals surface area contributed by atoms with Crippen molar-refractivity contribution in [3.63, 3.8) is 0 Å². The molecule has 3 rings (SSSR count). The maximum Gasteiger partial charge on any atom is 0.343 e. The van der Waals surface area contributed by atoms with E-state index in [2.05, 4.69) is 0 Å². The molecule has 0 saturated carbocycles. The van der Waals surface area contributed by atoms with Crippen LogP contribution < -0.4 is 9.47 Å². The Balaban J connectivity index is 1.80. The summed E-state index contributed by atoms with van der Waals surface area (Å²) in [5.74, 6) is -0.357. The van der Waals surface area contributed by atoms with Crippen LogP contribution >= 0.6 is 24.0 Å². The molecular formula is C20H16N2O6S2. The number of nitrogens with zero attached hydrogens (tertiary/aromatic N) is 2. The van der Waals surface area contributed by atoms with Crippen LogP contribution in [0.4, 0.5) is 5.69 Å². The summed E-state index contributed by atoms with van der Waals surface area (Å²) in [6, 6.07) is 9.95. The summed E-state index contributed by atoms with van der Waals surface area (Å²) in [6.07, 6.45) is 1.69. The fourth-order valence-corrected chi connectivity index (χ4v) is 4.04.